The molecule has 2 aromatic rings. The van der Waals surface area contributed by atoms with Crippen molar-refractivity contribution in [2.24, 2.45) is 0 Å². The lowest BCUT2D eigenvalue weighted by Gasteiger charge is -2.06. The van der Waals surface area contributed by atoms with Crippen molar-refractivity contribution in [3.05, 3.63) is 39.9 Å². The Balaban J connectivity index is 1.83. The van der Waals surface area contributed by atoms with Crippen LogP contribution in [-0.2, 0) is 12.8 Å². The number of thiazole rings is 1. The molecule has 0 fully saturated rings. The van der Waals surface area contributed by atoms with E-state index in [1.165, 1.54) is 16.2 Å². The summed E-state index contributed by atoms with van der Waals surface area (Å²) >= 11 is 1.42. The standard InChI is InChI=1S/C14H13F2N3OS/c15-8-5-7(10(17)6-9(8)16)13(20)19-14-18-11-3-1-2-4-12(11)21-14/h5-6H,1-4,17H2,(H,18,19,20). The largest absolute Gasteiger partial charge is 0.398 e. The SMILES string of the molecule is Nc1cc(F)c(F)cc1C(=O)Nc1nc2c(s1)CCCC2. The zero-order valence-corrected chi connectivity index (χ0v) is 11.9. The first kappa shape index (κ1) is 13.9. The highest BCUT2D eigenvalue weighted by Crippen LogP contribution is 2.30. The molecule has 0 radical (unpaired) electrons. The number of nitrogens with one attached hydrogen (secondary N) is 1. The van der Waals surface area contributed by atoms with E-state index in [2.05, 4.69) is 10.3 Å². The van der Waals surface area contributed by atoms with Gasteiger partial charge >= 0.3 is 0 Å². The van der Waals surface area contributed by atoms with Gasteiger partial charge in [-0.1, -0.05) is 0 Å². The number of aromatic nitrogens is 1. The Morgan fingerprint density at radius 3 is 2.71 bits per heavy atom. The third-order valence-corrected chi connectivity index (χ3v) is 4.48. The van der Waals surface area contributed by atoms with Crippen molar-refractivity contribution >= 4 is 28.1 Å². The summed E-state index contributed by atoms with van der Waals surface area (Å²) in [6.07, 6.45) is 4.10. The molecular weight excluding hydrogens is 296 g/mol. The first-order chi connectivity index (χ1) is 10.0. The summed E-state index contributed by atoms with van der Waals surface area (Å²) in [5.41, 5.74) is 6.37. The number of nitrogens with zero attached hydrogens (tertiary/aromatic N) is 1. The Morgan fingerprint density at radius 2 is 1.95 bits per heavy atom. The number of anilines is 2. The summed E-state index contributed by atoms with van der Waals surface area (Å²) in [7, 11) is 0. The van der Waals surface area contributed by atoms with Crippen LogP contribution < -0.4 is 11.1 Å². The van der Waals surface area contributed by atoms with Gasteiger partial charge in [0, 0.05) is 16.6 Å². The fourth-order valence-electron chi connectivity index (χ4n) is 2.33. The van der Waals surface area contributed by atoms with Crippen LogP contribution in [0.5, 0.6) is 0 Å². The molecule has 1 aromatic heterocycles. The van der Waals surface area contributed by atoms with E-state index >= 15 is 0 Å². The van der Waals surface area contributed by atoms with Crippen molar-refractivity contribution in [2.75, 3.05) is 11.1 Å². The predicted octanol–water partition coefficient (Wildman–Crippen LogP) is 3.13. The Kier molecular flexibility index (Phi) is 3.59. The van der Waals surface area contributed by atoms with Gasteiger partial charge in [0.1, 0.15) is 0 Å². The van der Waals surface area contributed by atoms with Gasteiger partial charge in [0.15, 0.2) is 16.8 Å². The molecule has 0 spiro atoms. The molecule has 0 aliphatic heterocycles. The lowest BCUT2D eigenvalue weighted by Crippen LogP contribution is -2.14. The highest BCUT2D eigenvalue weighted by Gasteiger charge is 2.19. The normalized spacial score (nSPS) is 13.8. The van der Waals surface area contributed by atoms with Gasteiger partial charge in [-0.25, -0.2) is 13.8 Å². The van der Waals surface area contributed by atoms with Gasteiger partial charge in [0.25, 0.3) is 5.91 Å². The fourth-order valence-corrected chi connectivity index (χ4v) is 3.37. The lowest BCUT2D eigenvalue weighted by atomic mass is 10.0. The molecule has 3 N–H and O–H groups in total. The number of amides is 1. The summed E-state index contributed by atoms with van der Waals surface area (Å²) in [5, 5.41) is 3.07. The van der Waals surface area contributed by atoms with E-state index in [0.717, 1.165) is 43.5 Å². The maximum absolute atomic E-state index is 13.2. The zero-order valence-electron chi connectivity index (χ0n) is 11.1. The van der Waals surface area contributed by atoms with Crippen molar-refractivity contribution in [3.63, 3.8) is 0 Å². The van der Waals surface area contributed by atoms with E-state index < -0.39 is 17.5 Å². The van der Waals surface area contributed by atoms with Crippen LogP contribution in [0.25, 0.3) is 0 Å². The highest BCUT2D eigenvalue weighted by molar-refractivity contribution is 7.15. The molecular formula is C14H13F2N3OS. The van der Waals surface area contributed by atoms with Crippen molar-refractivity contribution in [2.45, 2.75) is 25.7 Å². The van der Waals surface area contributed by atoms with E-state index in [-0.39, 0.29) is 11.3 Å². The molecule has 3 rings (SSSR count). The van der Waals surface area contributed by atoms with E-state index in [9.17, 15) is 13.6 Å². The Labute approximate surface area is 124 Å². The van der Waals surface area contributed by atoms with Crippen LogP contribution in [0.1, 0.15) is 33.8 Å². The number of nitrogen functional groups attached to an aromatic ring is 1. The van der Waals surface area contributed by atoms with E-state index in [1.54, 1.807) is 0 Å². The second-order valence-corrected chi connectivity index (χ2v) is 5.99. The second-order valence-electron chi connectivity index (χ2n) is 4.90. The van der Waals surface area contributed by atoms with Crippen LogP contribution in [0.2, 0.25) is 0 Å². The van der Waals surface area contributed by atoms with Gasteiger partial charge in [0.2, 0.25) is 0 Å². The van der Waals surface area contributed by atoms with Gasteiger partial charge in [-0.05, 0) is 31.7 Å². The van der Waals surface area contributed by atoms with Gasteiger partial charge in [0.05, 0.1) is 11.3 Å². The number of halogens is 2. The first-order valence-corrected chi connectivity index (χ1v) is 7.40. The molecule has 21 heavy (non-hydrogen) atoms. The molecule has 110 valence electrons. The Morgan fingerprint density at radius 1 is 1.24 bits per heavy atom. The first-order valence-electron chi connectivity index (χ1n) is 6.59. The second kappa shape index (κ2) is 5.40. The van der Waals surface area contributed by atoms with E-state index in [4.69, 9.17) is 5.73 Å². The minimum atomic E-state index is -1.10. The summed E-state index contributed by atoms with van der Waals surface area (Å²) < 4.78 is 26.2. The third kappa shape index (κ3) is 2.73. The van der Waals surface area contributed by atoms with Gasteiger partial charge < -0.3 is 5.73 Å². The number of benzene rings is 1. The molecule has 0 saturated carbocycles. The molecule has 0 bridgehead atoms. The molecule has 0 saturated heterocycles. The van der Waals surface area contributed by atoms with Crippen LogP contribution in [0.4, 0.5) is 19.6 Å². The third-order valence-electron chi connectivity index (χ3n) is 3.40. The number of aryl methyl sites for hydroxylation is 2. The topological polar surface area (TPSA) is 68.0 Å². The maximum atomic E-state index is 13.2. The average molecular weight is 309 g/mol. The summed E-state index contributed by atoms with van der Waals surface area (Å²) in [6, 6.07) is 1.60. The number of carbonyl (C=O) groups is 1. The molecule has 1 heterocycles. The van der Waals surface area contributed by atoms with Crippen molar-refractivity contribution in [1.29, 1.82) is 0 Å². The molecule has 0 unspecified atom stereocenters. The quantitative estimate of drug-likeness (QED) is 0.837. The van der Waals surface area contributed by atoms with Crippen LogP contribution in [-0.4, -0.2) is 10.9 Å². The Hall–Kier alpha value is -2.02. The summed E-state index contributed by atoms with van der Waals surface area (Å²) in [4.78, 5) is 17.6. The molecule has 0 atom stereocenters. The minimum Gasteiger partial charge on any atom is -0.398 e. The number of rotatable bonds is 2. The van der Waals surface area contributed by atoms with Crippen molar-refractivity contribution in [3.8, 4) is 0 Å². The van der Waals surface area contributed by atoms with Gasteiger partial charge in [-0.15, -0.1) is 11.3 Å². The fraction of sp³-hybridized carbons (Fsp3) is 0.286. The monoisotopic (exact) mass is 309 g/mol. The van der Waals surface area contributed by atoms with Crippen LogP contribution in [0, 0.1) is 11.6 Å². The minimum absolute atomic E-state index is 0.0953. The zero-order chi connectivity index (χ0) is 15.0. The van der Waals surface area contributed by atoms with Crippen molar-refractivity contribution < 1.29 is 13.6 Å². The van der Waals surface area contributed by atoms with Crippen LogP contribution in [0.15, 0.2) is 12.1 Å². The molecule has 1 amide bonds. The van der Waals surface area contributed by atoms with Crippen molar-refractivity contribution in [1.82, 2.24) is 4.98 Å². The molecule has 7 heteroatoms. The molecule has 4 nitrogen and oxygen atoms in total. The van der Waals surface area contributed by atoms with Gasteiger partial charge in [-0.3, -0.25) is 10.1 Å². The average Bonchev–Trinajstić information content (AvgIpc) is 2.84. The predicted molar refractivity (Wildman–Crippen MR) is 77.5 cm³/mol. The number of carbonyl (C=O) groups excluding carboxylic acids is 1. The lowest BCUT2D eigenvalue weighted by molar-refractivity contribution is 0.102. The number of nitrogens with two attached hydrogens (primary N) is 1. The Bertz CT molecular complexity index is 691. The smallest absolute Gasteiger partial charge is 0.259 e. The molecule has 1 aliphatic rings. The molecule has 1 aromatic carbocycles. The number of hydrogen-bond donors (Lipinski definition) is 2. The molecule has 1 aliphatic carbocycles. The summed E-state index contributed by atoms with van der Waals surface area (Å²) in [5.74, 6) is -2.76. The summed E-state index contributed by atoms with van der Waals surface area (Å²) in [6.45, 7) is 0. The van der Waals surface area contributed by atoms with E-state index in [0.29, 0.717) is 5.13 Å². The van der Waals surface area contributed by atoms with Crippen LogP contribution >= 0.6 is 11.3 Å². The highest BCUT2D eigenvalue weighted by atomic mass is 32.1. The van der Waals surface area contributed by atoms with Crippen LogP contribution in [0.3, 0.4) is 0 Å². The number of fused-ring (bicyclic) bond motifs is 1. The number of hydrogen-bond acceptors (Lipinski definition) is 4. The van der Waals surface area contributed by atoms with Gasteiger partial charge in [-0.2, -0.15) is 0 Å². The maximum Gasteiger partial charge on any atom is 0.259 e. The van der Waals surface area contributed by atoms with E-state index in [1.807, 2.05) is 0 Å².